The van der Waals surface area contributed by atoms with Crippen LogP contribution in [0.25, 0.3) is 0 Å². The quantitative estimate of drug-likeness (QED) is 0.832. The van der Waals surface area contributed by atoms with Gasteiger partial charge in [0.2, 0.25) is 0 Å². The number of halogens is 1. The van der Waals surface area contributed by atoms with E-state index in [1.807, 2.05) is 31.2 Å². The standard InChI is InChI=1S/C11H15NO2.ClH/c1-2-10(12)9-5-3-8(4-6-9)7-11(13)14;/h3-6,10H,2,7,12H2,1H3,(H,13,14);1H. The minimum Gasteiger partial charge on any atom is -0.481 e. The monoisotopic (exact) mass is 229 g/mol. The zero-order valence-corrected chi connectivity index (χ0v) is 9.46. The highest BCUT2D eigenvalue weighted by molar-refractivity contribution is 5.85. The van der Waals surface area contributed by atoms with Gasteiger partial charge in [-0.15, -0.1) is 12.4 Å². The Labute approximate surface area is 95.7 Å². The highest BCUT2D eigenvalue weighted by atomic mass is 35.5. The molecule has 0 aliphatic heterocycles. The Morgan fingerprint density at radius 3 is 2.33 bits per heavy atom. The van der Waals surface area contributed by atoms with Crippen LogP contribution in [0.2, 0.25) is 0 Å². The molecule has 1 aromatic rings. The van der Waals surface area contributed by atoms with Crippen LogP contribution in [-0.4, -0.2) is 11.1 Å². The largest absolute Gasteiger partial charge is 0.481 e. The van der Waals surface area contributed by atoms with Crippen LogP contribution in [0, 0.1) is 0 Å². The zero-order valence-electron chi connectivity index (χ0n) is 8.64. The Morgan fingerprint density at radius 2 is 1.93 bits per heavy atom. The van der Waals surface area contributed by atoms with E-state index in [1.54, 1.807) is 0 Å². The summed E-state index contributed by atoms with van der Waals surface area (Å²) < 4.78 is 0. The lowest BCUT2D eigenvalue weighted by atomic mass is 10.0. The minimum absolute atomic E-state index is 0. The number of nitrogens with two attached hydrogens (primary N) is 1. The van der Waals surface area contributed by atoms with Gasteiger partial charge >= 0.3 is 5.97 Å². The van der Waals surface area contributed by atoms with Crippen LogP contribution in [0.1, 0.15) is 30.5 Å². The lowest BCUT2D eigenvalue weighted by Crippen LogP contribution is -2.08. The maximum atomic E-state index is 10.4. The van der Waals surface area contributed by atoms with Crippen molar-refractivity contribution in [3.8, 4) is 0 Å². The molecule has 1 unspecified atom stereocenters. The summed E-state index contributed by atoms with van der Waals surface area (Å²) in [5, 5.41) is 8.57. The van der Waals surface area contributed by atoms with Crippen molar-refractivity contribution in [3.05, 3.63) is 35.4 Å². The fraction of sp³-hybridized carbons (Fsp3) is 0.364. The number of carbonyl (C=O) groups is 1. The summed E-state index contributed by atoms with van der Waals surface area (Å²) in [5.74, 6) is -0.808. The molecule has 0 saturated carbocycles. The predicted octanol–water partition coefficient (Wildman–Crippen LogP) is 2.15. The van der Waals surface area contributed by atoms with Crippen molar-refractivity contribution in [1.82, 2.24) is 0 Å². The first-order valence-electron chi connectivity index (χ1n) is 4.69. The van der Waals surface area contributed by atoms with Gasteiger partial charge in [0.15, 0.2) is 0 Å². The Hall–Kier alpha value is -1.06. The molecule has 84 valence electrons. The maximum Gasteiger partial charge on any atom is 0.307 e. The van der Waals surface area contributed by atoms with Crippen molar-refractivity contribution in [1.29, 1.82) is 0 Å². The molecular formula is C11H16ClNO2. The molecule has 0 amide bonds. The SMILES string of the molecule is CCC(N)c1ccc(CC(=O)O)cc1.Cl. The molecule has 0 aliphatic rings. The first-order valence-corrected chi connectivity index (χ1v) is 4.69. The van der Waals surface area contributed by atoms with Gasteiger partial charge < -0.3 is 10.8 Å². The molecule has 0 fully saturated rings. The van der Waals surface area contributed by atoms with E-state index in [1.165, 1.54) is 0 Å². The fourth-order valence-electron chi connectivity index (χ4n) is 1.29. The Morgan fingerprint density at radius 1 is 1.40 bits per heavy atom. The molecule has 0 aliphatic carbocycles. The van der Waals surface area contributed by atoms with E-state index in [4.69, 9.17) is 10.8 Å². The second-order valence-electron chi connectivity index (χ2n) is 3.33. The lowest BCUT2D eigenvalue weighted by Gasteiger charge is -2.09. The molecule has 0 aromatic heterocycles. The van der Waals surface area contributed by atoms with Crippen LogP contribution in [-0.2, 0) is 11.2 Å². The van der Waals surface area contributed by atoms with Gasteiger partial charge in [0, 0.05) is 6.04 Å². The van der Waals surface area contributed by atoms with Crippen LogP contribution >= 0.6 is 12.4 Å². The van der Waals surface area contributed by atoms with Crippen LogP contribution in [0.5, 0.6) is 0 Å². The van der Waals surface area contributed by atoms with Crippen LogP contribution < -0.4 is 5.73 Å². The van der Waals surface area contributed by atoms with Crippen molar-refractivity contribution < 1.29 is 9.90 Å². The molecule has 4 heteroatoms. The number of benzene rings is 1. The zero-order chi connectivity index (χ0) is 10.6. The number of hydrogen-bond donors (Lipinski definition) is 2. The van der Waals surface area contributed by atoms with Gasteiger partial charge in [0.1, 0.15) is 0 Å². The molecule has 0 radical (unpaired) electrons. The molecule has 1 rings (SSSR count). The molecule has 3 N–H and O–H groups in total. The van der Waals surface area contributed by atoms with Crippen molar-refractivity contribution in [3.63, 3.8) is 0 Å². The van der Waals surface area contributed by atoms with Crippen molar-refractivity contribution in [2.75, 3.05) is 0 Å². The third kappa shape index (κ3) is 4.32. The van der Waals surface area contributed by atoms with Crippen LogP contribution in [0.4, 0.5) is 0 Å². The van der Waals surface area contributed by atoms with Crippen molar-refractivity contribution >= 4 is 18.4 Å². The highest BCUT2D eigenvalue weighted by Crippen LogP contribution is 2.14. The lowest BCUT2D eigenvalue weighted by molar-refractivity contribution is -0.136. The number of rotatable bonds is 4. The first kappa shape index (κ1) is 13.9. The number of carboxylic acids is 1. The van der Waals surface area contributed by atoms with E-state index in [0.29, 0.717) is 0 Å². The summed E-state index contributed by atoms with van der Waals surface area (Å²) in [4.78, 5) is 10.4. The number of hydrogen-bond acceptors (Lipinski definition) is 2. The van der Waals surface area contributed by atoms with Gasteiger partial charge in [-0.1, -0.05) is 31.2 Å². The van der Waals surface area contributed by atoms with Gasteiger partial charge in [-0.3, -0.25) is 4.79 Å². The summed E-state index contributed by atoms with van der Waals surface area (Å²) in [7, 11) is 0. The van der Waals surface area contributed by atoms with E-state index in [9.17, 15) is 4.79 Å². The maximum absolute atomic E-state index is 10.4. The number of carboxylic acid groups (broad SMARTS) is 1. The normalized spacial score (nSPS) is 11.6. The Balaban J connectivity index is 0.00000196. The molecule has 15 heavy (non-hydrogen) atoms. The van der Waals surface area contributed by atoms with Crippen LogP contribution in [0.3, 0.4) is 0 Å². The van der Waals surface area contributed by atoms with Crippen LogP contribution in [0.15, 0.2) is 24.3 Å². The van der Waals surface area contributed by atoms with E-state index >= 15 is 0 Å². The van der Waals surface area contributed by atoms with Gasteiger partial charge in [-0.05, 0) is 17.5 Å². The van der Waals surface area contributed by atoms with Gasteiger partial charge in [0.25, 0.3) is 0 Å². The minimum atomic E-state index is -0.808. The predicted molar refractivity (Wildman–Crippen MR) is 62.2 cm³/mol. The van der Waals surface area contributed by atoms with E-state index in [2.05, 4.69) is 0 Å². The third-order valence-corrected chi connectivity index (χ3v) is 2.20. The van der Waals surface area contributed by atoms with E-state index in [0.717, 1.165) is 17.5 Å². The van der Waals surface area contributed by atoms with Crippen molar-refractivity contribution in [2.24, 2.45) is 5.73 Å². The molecule has 0 heterocycles. The summed E-state index contributed by atoms with van der Waals surface area (Å²) in [6.07, 6.45) is 0.958. The average Bonchev–Trinajstić information content (AvgIpc) is 2.17. The Kier molecular flexibility index (Phi) is 5.97. The third-order valence-electron chi connectivity index (χ3n) is 2.20. The number of aliphatic carboxylic acids is 1. The van der Waals surface area contributed by atoms with Gasteiger partial charge in [0.05, 0.1) is 6.42 Å². The fourth-order valence-corrected chi connectivity index (χ4v) is 1.29. The summed E-state index contributed by atoms with van der Waals surface area (Å²) in [6, 6.07) is 7.48. The topological polar surface area (TPSA) is 63.3 Å². The molecule has 0 spiro atoms. The molecule has 1 atom stereocenters. The van der Waals surface area contributed by atoms with Gasteiger partial charge in [-0.25, -0.2) is 0 Å². The average molecular weight is 230 g/mol. The first-order chi connectivity index (χ1) is 6.63. The Bertz CT molecular complexity index is 311. The molecule has 0 bridgehead atoms. The smallest absolute Gasteiger partial charge is 0.307 e. The molecule has 3 nitrogen and oxygen atoms in total. The summed E-state index contributed by atoms with van der Waals surface area (Å²) in [5.41, 5.74) is 7.70. The second kappa shape index (κ2) is 6.43. The van der Waals surface area contributed by atoms with Gasteiger partial charge in [-0.2, -0.15) is 0 Å². The van der Waals surface area contributed by atoms with Crippen molar-refractivity contribution in [2.45, 2.75) is 25.8 Å². The molecule has 0 saturated heterocycles. The second-order valence-corrected chi connectivity index (χ2v) is 3.33. The highest BCUT2D eigenvalue weighted by Gasteiger charge is 2.04. The molecule has 1 aromatic carbocycles. The summed E-state index contributed by atoms with van der Waals surface area (Å²) in [6.45, 7) is 2.02. The summed E-state index contributed by atoms with van der Waals surface area (Å²) >= 11 is 0. The van der Waals surface area contributed by atoms with E-state index in [-0.39, 0.29) is 24.9 Å². The van der Waals surface area contributed by atoms with E-state index < -0.39 is 5.97 Å². The molecular weight excluding hydrogens is 214 g/mol.